The molecule has 0 radical (unpaired) electrons. The van der Waals surface area contributed by atoms with Gasteiger partial charge in [0.1, 0.15) is 6.04 Å². The maximum Gasteiger partial charge on any atom is 0.111 e. The Bertz CT molecular complexity index is 307. The molecule has 0 aliphatic heterocycles. The van der Waals surface area contributed by atoms with Gasteiger partial charge in [-0.1, -0.05) is 0 Å². The van der Waals surface area contributed by atoms with Gasteiger partial charge in [0.25, 0.3) is 0 Å². The highest BCUT2D eigenvalue weighted by molar-refractivity contribution is 5.09. The number of aryl methyl sites for hydroxylation is 1. The molecular weight excluding hydrogens is 152 g/mol. The molecule has 1 aromatic heterocycles. The summed E-state index contributed by atoms with van der Waals surface area (Å²) in [7, 11) is 0. The van der Waals surface area contributed by atoms with Crippen molar-refractivity contribution in [2.75, 3.05) is 0 Å². The third kappa shape index (κ3) is 1.63. The average molecular weight is 164 g/mol. The lowest BCUT2D eigenvalue weighted by Gasteiger charge is -2.05. The molecule has 1 aromatic rings. The normalized spacial score (nSPS) is 12.5. The molecule has 0 saturated carbocycles. The van der Waals surface area contributed by atoms with Crippen molar-refractivity contribution in [3.05, 3.63) is 17.7 Å². The van der Waals surface area contributed by atoms with Gasteiger partial charge in [0.15, 0.2) is 0 Å². The Morgan fingerprint density at radius 1 is 1.75 bits per heavy atom. The maximum atomic E-state index is 8.49. The SMILES string of the molecule is Cc1ncn(CC(N)C#N)c1C. The molecule has 12 heavy (non-hydrogen) atoms. The van der Waals surface area contributed by atoms with Gasteiger partial charge in [-0.25, -0.2) is 4.98 Å². The summed E-state index contributed by atoms with van der Waals surface area (Å²) in [5, 5.41) is 8.49. The van der Waals surface area contributed by atoms with E-state index in [0.29, 0.717) is 6.54 Å². The van der Waals surface area contributed by atoms with Gasteiger partial charge in [0.2, 0.25) is 0 Å². The predicted molar refractivity (Wildman–Crippen MR) is 45.3 cm³/mol. The molecule has 0 amide bonds. The molecule has 2 N–H and O–H groups in total. The van der Waals surface area contributed by atoms with Crippen LogP contribution >= 0.6 is 0 Å². The molecule has 0 spiro atoms. The van der Waals surface area contributed by atoms with Crippen molar-refractivity contribution in [1.29, 1.82) is 5.26 Å². The Morgan fingerprint density at radius 3 is 2.83 bits per heavy atom. The van der Waals surface area contributed by atoms with Gasteiger partial charge < -0.3 is 10.3 Å². The topological polar surface area (TPSA) is 67.6 Å². The molecule has 0 saturated heterocycles. The van der Waals surface area contributed by atoms with Gasteiger partial charge in [-0.3, -0.25) is 0 Å². The molecule has 64 valence electrons. The monoisotopic (exact) mass is 164 g/mol. The first kappa shape index (κ1) is 8.75. The lowest BCUT2D eigenvalue weighted by Crippen LogP contribution is -2.24. The zero-order chi connectivity index (χ0) is 9.14. The molecule has 1 atom stereocenters. The number of aromatic nitrogens is 2. The number of hydrogen-bond donors (Lipinski definition) is 1. The smallest absolute Gasteiger partial charge is 0.111 e. The first-order valence-electron chi connectivity index (χ1n) is 3.78. The van der Waals surface area contributed by atoms with E-state index in [2.05, 4.69) is 4.98 Å². The van der Waals surface area contributed by atoms with Gasteiger partial charge >= 0.3 is 0 Å². The van der Waals surface area contributed by atoms with Crippen molar-refractivity contribution in [1.82, 2.24) is 9.55 Å². The minimum Gasteiger partial charge on any atom is -0.332 e. The molecule has 1 rings (SSSR count). The quantitative estimate of drug-likeness (QED) is 0.685. The van der Waals surface area contributed by atoms with E-state index in [0.717, 1.165) is 11.4 Å². The van der Waals surface area contributed by atoms with Crippen molar-refractivity contribution in [2.24, 2.45) is 5.73 Å². The second kappa shape index (κ2) is 3.37. The van der Waals surface area contributed by atoms with Crippen LogP contribution in [0.15, 0.2) is 6.33 Å². The van der Waals surface area contributed by atoms with Gasteiger partial charge in [-0.2, -0.15) is 5.26 Å². The van der Waals surface area contributed by atoms with E-state index < -0.39 is 6.04 Å². The van der Waals surface area contributed by atoms with Crippen molar-refractivity contribution in [3.63, 3.8) is 0 Å². The van der Waals surface area contributed by atoms with E-state index in [4.69, 9.17) is 11.0 Å². The van der Waals surface area contributed by atoms with E-state index in [9.17, 15) is 0 Å². The summed E-state index contributed by atoms with van der Waals surface area (Å²) in [5.41, 5.74) is 7.53. The van der Waals surface area contributed by atoms with Gasteiger partial charge in [0, 0.05) is 5.69 Å². The second-order valence-corrected chi connectivity index (χ2v) is 2.80. The summed E-state index contributed by atoms with van der Waals surface area (Å²) in [5.74, 6) is 0. The molecular formula is C8H12N4. The highest BCUT2D eigenvalue weighted by atomic mass is 15.1. The number of nitrogens with zero attached hydrogens (tertiary/aromatic N) is 3. The Kier molecular flexibility index (Phi) is 2.46. The summed E-state index contributed by atoms with van der Waals surface area (Å²) >= 11 is 0. The van der Waals surface area contributed by atoms with Crippen LogP contribution in [0.3, 0.4) is 0 Å². The van der Waals surface area contributed by atoms with Crippen LogP contribution in [0, 0.1) is 25.2 Å². The van der Waals surface area contributed by atoms with Crippen molar-refractivity contribution >= 4 is 0 Å². The Labute approximate surface area is 71.6 Å². The Balaban J connectivity index is 2.77. The van der Waals surface area contributed by atoms with Crippen LogP contribution < -0.4 is 5.73 Å². The standard InChI is InChI=1S/C8H12N4/c1-6-7(2)12(5-11-6)4-8(10)3-9/h5,8H,4,10H2,1-2H3. The second-order valence-electron chi connectivity index (χ2n) is 2.80. The third-order valence-electron chi connectivity index (χ3n) is 1.90. The van der Waals surface area contributed by atoms with Crippen LogP contribution in [-0.4, -0.2) is 15.6 Å². The maximum absolute atomic E-state index is 8.49. The van der Waals surface area contributed by atoms with E-state index in [-0.39, 0.29) is 0 Å². The molecule has 0 aliphatic carbocycles. The molecule has 0 bridgehead atoms. The minimum absolute atomic E-state index is 0.447. The predicted octanol–water partition coefficient (Wildman–Crippen LogP) is 0.351. The van der Waals surface area contributed by atoms with Gasteiger partial charge in [0.05, 0.1) is 24.6 Å². The number of rotatable bonds is 2. The van der Waals surface area contributed by atoms with Crippen LogP contribution in [0.4, 0.5) is 0 Å². The lowest BCUT2D eigenvalue weighted by atomic mass is 10.3. The fourth-order valence-corrected chi connectivity index (χ4v) is 0.981. The van der Waals surface area contributed by atoms with E-state index >= 15 is 0 Å². The molecule has 0 aliphatic rings. The van der Waals surface area contributed by atoms with Crippen LogP contribution in [0.5, 0.6) is 0 Å². The molecule has 4 heteroatoms. The molecule has 1 heterocycles. The zero-order valence-electron chi connectivity index (χ0n) is 7.28. The number of nitriles is 1. The van der Waals surface area contributed by atoms with E-state index in [1.54, 1.807) is 6.33 Å². The van der Waals surface area contributed by atoms with Crippen LogP contribution in [0.25, 0.3) is 0 Å². The third-order valence-corrected chi connectivity index (χ3v) is 1.90. The van der Waals surface area contributed by atoms with Gasteiger partial charge in [-0.05, 0) is 13.8 Å². The fraction of sp³-hybridized carbons (Fsp3) is 0.500. The summed E-state index contributed by atoms with van der Waals surface area (Å²) < 4.78 is 1.89. The Hall–Kier alpha value is -1.34. The highest BCUT2D eigenvalue weighted by Crippen LogP contribution is 2.03. The van der Waals surface area contributed by atoms with Crippen LogP contribution in [0.2, 0.25) is 0 Å². The highest BCUT2D eigenvalue weighted by Gasteiger charge is 2.05. The molecule has 4 nitrogen and oxygen atoms in total. The Morgan fingerprint density at radius 2 is 2.42 bits per heavy atom. The number of hydrogen-bond acceptors (Lipinski definition) is 3. The van der Waals surface area contributed by atoms with Crippen LogP contribution in [-0.2, 0) is 6.54 Å². The van der Waals surface area contributed by atoms with Crippen molar-refractivity contribution < 1.29 is 0 Å². The number of imidazole rings is 1. The largest absolute Gasteiger partial charge is 0.332 e. The summed E-state index contributed by atoms with van der Waals surface area (Å²) in [4.78, 5) is 4.10. The van der Waals surface area contributed by atoms with Gasteiger partial charge in [-0.15, -0.1) is 0 Å². The van der Waals surface area contributed by atoms with Crippen molar-refractivity contribution in [3.8, 4) is 6.07 Å². The summed E-state index contributed by atoms with van der Waals surface area (Å²) in [6, 6.07) is 1.53. The summed E-state index contributed by atoms with van der Waals surface area (Å²) in [6.45, 7) is 4.42. The first-order valence-corrected chi connectivity index (χ1v) is 3.78. The van der Waals surface area contributed by atoms with E-state index in [1.807, 2.05) is 24.5 Å². The number of nitrogens with two attached hydrogens (primary N) is 1. The molecule has 0 aromatic carbocycles. The minimum atomic E-state index is -0.447. The van der Waals surface area contributed by atoms with Crippen LogP contribution in [0.1, 0.15) is 11.4 Å². The first-order chi connectivity index (χ1) is 5.65. The fourth-order valence-electron chi connectivity index (χ4n) is 0.981. The lowest BCUT2D eigenvalue weighted by molar-refractivity contribution is 0.623. The zero-order valence-corrected chi connectivity index (χ0v) is 7.28. The summed E-state index contributed by atoms with van der Waals surface area (Å²) in [6.07, 6.45) is 1.71. The average Bonchev–Trinajstić information content (AvgIpc) is 2.36. The molecule has 0 fully saturated rings. The van der Waals surface area contributed by atoms with E-state index in [1.165, 1.54) is 0 Å². The van der Waals surface area contributed by atoms with Crippen molar-refractivity contribution in [2.45, 2.75) is 26.4 Å². The molecule has 1 unspecified atom stereocenters.